The van der Waals surface area contributed by atoms with E-state index >= 15 is 0 Å². The number of benzene rings is 1. The van der Waals surface area contributed by atoms with Crippen molar-refractivity contribution in [2.45, 2.75) is 12.8 Å². The lowest BCUT2D eigenvalue weighted by atomic mass is 9.99. The molecule has 1 N–H and O–H groups in total. The van der Waals surface area contributed by atoms with Crippen molar-refractivity contribution in [3.8, 4) is 0 Å². The van der Waals surface area contributed by atoms with Crippen molar-refractivity contribution in [3.63, 3.8) is 0 Å². The quantitative estimate of drug-likeness (QED) is 0.657. The molecule has 16 heavy (non-hydrogen) atoms. The highest BCUT2D eigenvalue weighted by Crippen LogP contribution is 2.31. The largest absolute Gasteiger partial charge is 0.481 e. The van der Waals surface area contributed by atoms with Crippen LogP contribution in [0.25, 0.3) is 0 Å². The first-order valence-electron chi connectivity index (χ1n) is 4.20. The van der Waals surface area contributed by atoms with E-state index in [2.05, 4.69) is 0 Å². The third kappa shape index (κ3) is 2.27. The molecule has 1 aromatic rings. The summed E-state index contributed by atoms with van der Waals surface area (Å²) in [5, 5.41) is 19.0. The molecule has 0 amide bonds. The SMILES string of the molecule is CC(C(=O)O)c1cc(F)c(Cl)cc1[N+](=O)[O-]. The van der Waals surface area contributed by atoms with Gasteiger partial charge in [-0.3, -0.25) is 14.9 Å². The minimum absolute atomic E-state index is 0.209. The zero-order valence-corrected chi connectivity index (χ0v) is 8.86. The van der Waals surface area contributed by atoms with Crippen LogP contribution in [0.2, 0.25) is 5.02 Å². The first-order chi connectivity index (χ1) is 7.34. The number of nitro groups is 1. The fraction of sp³-hybridized carbons (Fsp3) is 0.222. The smallest absolute Gasteiger partial charge is 0.310 e. The number of carbonyl (C=O) groups is 1. The molecule has 0 heterocycles. The second-order valence-corrected chi connectivity index (χ2v) is 3.55. The number of carboxylic acid groups (broad SMARTS) is 1. The Labute approximate surface area is 94.6 Å². The molecule has 0 fully saturated rings. The van der Waals surface area contributed by atoms with Gasteiger partial charge in [-0.25, -0.2) is 4.39 Å². The van der Waals surface area contributed by atoms with Crippen molar-refractivity contribution >= 4 is 23.3 Å². The van der Waals surface area contributed by atoms with E-state index < -0.39 is 33.3 Å². The van der Waals surface area contributed by atoms with Gasteiger partial charge in [-0.1, -0.05) is 11.6 Å². The third-order valence-corrected chi connectivity index (χ3v) is 2.39. The van der Waals surface area contributed by atoms with Gasteiger partial charge in [0.1, 0.15) is 5.82 Å². The molecule has 1 atom stereocenters. The topological polar surface area (TPSA) is 80.4 Å². The molecular formula is C9H7ClFNO4. The number of nitrogens with zero attached hydrogens (tertiary/aromatic N) is 1. The summed E-state index contributed by atoms with van der Waals surface area (Å²) in [5.74, 6) is -3.33. The standard InChI is InChI=1S/C9H7ClFNO4/c1-4(9(13)14)5-2-7(11)6(10)3-8(5)12(15)16/h2-4H,1H3,(H,13,14). The van der Waals surface area contributed by atoms with E-state index in [1.165, 1.54) is 6.92 Å². The van der Waals surface area contributed by atoms with Crippen LogP contribution >= 0.6 is 11.6 Å². The molecule has 86 valence electrons. The van der Waals surface area contributed by atoms with E-state index in [4.69, 9.17) is 16.7 Å². The summed E-state index contributed by atoms with van der Waals surface area (Å²) in [6.45, 7) is 1.23. The summed E-state index contributed by atoms with van der Waals surface area (Å²) in [6.07, 6.45) is 0. The highest BCUT2D eigenvalue weighted by Gasteiger charge is 2.25. The molecule has 1 unspecified atom stereocenters. The Balaban J connectivity index is 3.41. The average molecular weight is 248 g/mol. The van der Waals surface area contributed by atoms with E-state index in [9.17, 15) is 19.3 Å². The number of nitro benzene ring substituents is 1. The van der Waals surface area contributed by atoms with Gasteiger partial charge < -0.3 is 5.11 Å². The predicted octanol–water partition coefficient (Wildman–Crippen LogP) is 2.58. The van der Waals surface area contributed by atoms with Gasteiger partial charge in [-0.2, -0.15) is 0 Å². The second kappa shape index (κ2) is 4.44. The number of halogens is 2. The number of rotatable bonds is 3. The van der Waals surface area contributed by atoms with Crippen LogP contribution in [-0.4, -0.2) is 16.0 Å². The molecule has 0 aliphatic carbocycles. The molecule has 0 spiro atoms. The summed E-state index contributed by atoms with van der Waals surface area (Å²) in [7, 11) is 0. The summed E-state index contributed by atoms with van der Waals surface area (Å²) in [4.78, 5) is 20.5. The van der Waals surface area contributed by atoms with Crippen molar-refractivity contribution in [2.24, 2.45) is 0 Å². The van der Waals surface area contributed by atoms with Gasteiger partial charge in [0, 0.05) is 11.6 Å². The molecule has 0 saturated carbocycles. The van der Waals surface area contributed by atoms with Crippen molar-refractivity contribution in [2.75, 3.05) is 0 Å². The fourth-order valence-electron chi connectivity index (χ4n) is 1.19. The molecule has 0 aliphatic rings. The Morgan fingerprint density at radius 1 is 1.62 bits per heavy atom. The third-order valence-electron chi connectivity index (χ3n) is 2.10. The lowest BCUT2D eigenvalue weighted by Gasteiger charge is -2.08. The molecule has 0 saturated heterocycles. The van der Waals surface area contributed by atoms with Crippen molar-refractivity contribution in [3.05, 3.63) is 38.7 Å². The van der Waals surface area contributed by atoms with Crippen LogP contribution in [0.15, 0.2) is 12.1 Å². The molecule has 0 bridgehead atoms. The van der Waals surface area contributed by atoms with Crippen molar-refractivity contribution < 1.29 is 19.2 Å². The summed E-state index contributed by atoms with van der Waals surface area (Å²) in [6, 6.07) is 1.59. The van der Waals surface area contributed by atoms with E-state index in [0.29, 0.717) is 0 Å². The fourth-order valence-corrected chi connectivity index (χ4v) is 1.35. The Morgan fingerprint density at radius 3 is 2.62 bits per heavy atom. The van der Waals surface area contributed by atoms with Crippen molar-refractivity contribution in [1.82, 2.24) is 0 Å². The monoisotopic (exact) mass is 247 g/mol. The Kier molecular flexibility index (Phi) is 3.44. The van der Waals surface area contributed by atoms with Crippen LogP contribution in [0.3, 0.4) is 0 Å². The van der Waals surface area contributed by atoms with Gasteiger partial charge in [-0.15, -0.1) is 0 Å². The minimum atomic E-state index is -1.27. The summed E-state index contributed by atoms with van der Waals surface area (Å²) < 4.78 is 13.1. The average Bonchev–Trinajstić information content (AvgIpc) is 2.19. The van der Waals surface area contributed by atoms with Crippen LogP contribution in [0.4, 0.5) is 10.1 Å². The highest BCUT2D eigenvalue weighted by atomic mass is 35.5. The number of carboxylic acids is 1. The predicted molar refractivity (Wildman–Crippen MR) is 54.1 cm³/mol. The molecule has 0 aliphatic heterocycles. The van der Waals surface area contributed by atoms with Crippen LogP contribution in [0.1, 0.15) is 18.4 Å². The van der Waals surface area contributed by atoms with Gasteiger partial charge in [-0.05, 0) is 13.0 Å². The maximum Gasteiger partial charge on any atom is 0.310 e. The lowest BCUT2D eigenvalue weighted by molar-refractivity contribution is -0.385. The van der Waals surface area contributed by atoms with Gasteiger partial charge in [0.15, 0.2) is 0 Å². The van der Waals surface area contributed by atoms with Crippen LogP contribution in [-0.2, 0) is 4.79 Å². The molecule has 5 nitrogen and oxygen atoms in total. The minimum Gasteiger partial charge on any atom is -0.481 e. The van der Waals surface area contributed by atoms with Gasteiger partial charge >= 0.3 is 5.97 Å². The maximum atomic E-state index is 13.1. The molecule has 0 radical (unpaired) electrons. The van der Waals surface area contributed by atoms with Crippen molar-refractivity contribution in [1.29, 1.82) is 0 Å². The molecule has 1 rings (SSSR count). The highest BCUT2D eigenvalue weighted by molar-refractivity contribution is 6.31. The molecular weight excluding hydrogens is 241 g/mol. The van der Waals surface area contributed by atoms with E-state index in [1.807, 2.05) is 0 Å². The Morgan fingerprint density at radius 2 is 2.19 bits per heavy atom. The zero-order chi connectivity index (χ0) is 12.5. The molecule has 1 aromatic carbocycles. The van der Waals surface area contributed by atoms with E-state index in [0.717, 1.165) is 12.1 Å². The van der Waals surface area contributed by atoms with Crippen LogP contribution in [0, 0.1) is 15.9 Å². The number of hydrogen-bond acceptors (Lipinski definition) is 3. The first-order valence-corrected chi connectivity index (χ1v) is 4.58. The second-order valence-electron chi connectivity index (χ2n) is 3.14. The summed E-state index contributed by atoms with van der Waals surface area (Å²) >= 11 is 5.39. The van der Waals surface area contributed by atoms with Gasteiger partial charge in [0.2, 0.25) is 0 Å². The van der Waals surface area contributed by atoms with Gasteiger partial charge in [0.25, 0.3) is 5.69 Å². The first kappa shape index (κ1) is 12.4. The van der Waals surface area contributed by atoms with E-state index in [1.54, 1.807) is 0 Å². The number of hydrogen-bond donors (Lipinski definition) is 1. The maximum absolute atomic E-state index is 13.1. The normalized spacial score (nSPS) is 12.2. The lowest BCUT2D eigenvalue weighted by Crippen LogP contribution is -2.10. The zero-order valence-electron chi connectivity index (χ0n) is 8.11. The van der Waals surface area contributed by atoms with E-state index in [-0.39, 0.29) is 5.56 Å². The van der Waals surface area contributed by atoms with Crippen LogP contribution in [0.5, 0.6) is 0 Å². The summed E-state index contributed by atoms with van der Waals surface area (Å²) in [5.41, 5.74) is -0.708. The van der Waals surface area contributed by atoms with Gasteiger partial charge in [0.05, 0.1) is 15.9 Å². The Hall–Kier alpha value is -1.69. The Bertz CT molecular complexity index is 463. The van der Waals surface area contributed by atoms with Crippen LogP contribution < -0.4 is 0 Å². The number of aliphatic carboxylic acids is 1. The molecule has 0 aromatic heterocycles. The molecule has 7 heteroatoms.